The number of ether oxygens (including phenoxy) is 1. The number of aryl methyl sites for hydroxylation is 1. The first kappa shape index (κ1) is 14.0. The van der Waals surface area contributed by atoms with Crippen molar-refractivity contribution < 1.29 is 9.53 Å². The van der Waals surface area contributed by atoms with Crippen LogP contribution < -0.4 is 0 Å². The Morgan fingerprint density at radius 2 is 1.82 bits per heavy atom. The fraction of sp³-hybridized carbons (Fsp3) is 0.300. The minimum Gasteiger partial charge on any atom is -0.422 e. The molecule has 0 bridgehead atoms. The van der Waals surface area contributed by atoms with Gasteiger partial charge in [-0.25, -0.2) is 4.79 Å². The lowest BCUT2D eigenvalue weighted by Crippen LogP contribution is -2.39. The fourth-order valence-corrected chi connectivity index (χ4v) is 3.52. The molecule has 0 spiro atoms. The predicted octanol–water partition coefficient (Wildman–Crippen LogP) is 4.37. The molecule has 92 valence electrons. The number of fused-ring (bicyclic) bond motifs is 1. The molecular formula is C10H5Cl4IO2. The van der Waals surface area contributed by atoms with Crippen LogP contribution in [0.3, 0.4) is 0 Å². The van der Waals surface area contributed by atoms with E-state index < -0.39 is 14.8 Å². The van der Waals surface area contributed by atoms with Crippen LogP contribution in [0.4, 0.5) is 0 Å². The highest BCUT2D eigenvalue weighted by Crippen LogP contribution is 2.52. The second kappa shape index (κ2) is 4.30. The van der Waals surface area contributed by atoms with Gasteiger partial charge in [-0.15, -0.1) is 0 Å². The number of esters is 1. The highest BCUT2D eigenvalue weighted by atomic mass is 127. The molecule has 0 fully saturated rings. The number of hydrogen-bond acceptors (Lipinski definition) is 2. The summed E-state index contributed by atoms with van der Waals surface area (Å²) in [6, 6.07) is 3.52. The van der Waals surface area contributed by atoms with Crippen molar-refractivity contribution in [2.75, 3.05) is 0 Å². The lowest BCUT2D eigenvalue weighted by molar-refractivity contribution is -0.150. The van der Waals surface area contributed by atoms with Gasteiger partial charge in [0.25, 0.3) is 4.52 Å². The monoisotopic (exact) mass is 424 g/mol. The number of carbonyl (C=O) groups excluding carboxylic acids is 1. The van der Waals surface area contributed by atoms with Crippen LogP contribution in [0.25, 0.3) is 0 Å². The van der Waals surface area contributed by atoms with Crippen LogP contribution in [-0.2, 0) is 18.4 Å². The zero-order valence-corrected chi connectivity index (χ0v) is 13.5. The first-order valence-electron chi connectivity index (χ1n) is 4.46. The molecule has 0 aliphatic carbocycles. The summed E-state index contributed by atoms with van der Waals surface area (Å²) < 4.78 is 2.21. The van der Waals surface area contributed by atoms with Crippen molar-refractivity contribution in [3.63, 3.8) is 0 Å². The van der Waals surface area contributed by atoms with Gasteiger partial charge in [-0.1, -0.05) is 46.4 Å². The molecule has 1 aliphatic rings. The standard InChI is InChI=1S/C10H5Cl4IO2/c1-4-2-5(15)3-6-7(4)9(11,12)8(16)17-10(6,13)14/h2-3H,1H3. The minimum absolute atomic E-state index is 0.391. The number of carbonyl (C=O) groups is 1. The average Bonchev–Trinajstić information content (AvgIpc) is 2.13. The van der Waals surface area contributed by atoms with E-state index in [1.807, 2.05) is 6.07 Å². The fourth-order valence-electron chi connectivity index (χ4n) is 1.73. The van der Waals surface area contributed by atoms with Crippen LogP contribution in [0.2, 0.25) is 0 Å². The van der Waals surface area contributed by atoms with E-state index in [9.17, 15) is 4.79 Å². The lowest BCUT2D eigenvalue weighted by Gasteiger charge is -2.35. The van der Waals surface area contributed by atoms with E-state index >= 15 is 0 Å². The predicted molar refractivity (Wildman–Crippen MR) is 76.8 cm³/mol. The Morgan fingerprint density at radius 1 is 1.24 bits per heavy atom. The molecule has 7 heteroatoms. The molecule has 0 aromatic heterocycles. The van der Waals surface area contributed by atoms with E-state index in [0.717, 1.165) is 9.13 Å². The van der Waals surface area contributed by atoms with Gasteiger partial charge in [-0.05, 0) is 47.2 Å². The normalized spacial score (nSPS) is 20.7. The lowest BCUT2D eigenvalue weighted by atomic mass is 9.96. The molecule has 0 radical (unpaired) electrons. The van der Waals surface area contributed by atoms with Gasteiger partial charge in [0.05, 0.1) is 0 Å². The third-order valence-electron chi connectivity index (χ3n) is 2.41. The van der Waals surface area contributed by atoms with Crippen molar-refractivity contribution in [1.82, 2.24) is 0 Å². The third kappa shape index (κ3) is 2.25. The minimum atomic E-state index is -1.78. The number of cyclic esters (lactones) is 1. The number of halogens is 5. The highest BCUT2D eigenvalue weighted by molar-refractivity contribution is 14.1. The molecule has 1 aromatic rings. The summed E-state index contributed by atoms with van der Waals surface area (Å²) in [5.41, 5.74) is 1.52. The van der Waals surface area contributed by atoms with E-state index in [-0.39, 0.29) is 0 Å². The van der Waals surface area contributed by atoms with Crippen LogP contribution in [0.15, 0.2) is 12.1 Å². The maximum Gasteiger partial charge on any atom is 0.350 e. The molecule has 2 rings (SSSR count). The van der Waals surface area contributed by atoms with E-state index in [1.165, 1.54) is 0 Å². The van der Waals surface area contributed by atoms with E-state index in [4.69, 9.17) is 51.1 Å². The summed E-state index contributed by atoms with van der Waals surface area (Å²) in [7, 11) is 0. The second-order valence-corrected chi connectivity index (χ2v) is 7.46. The molecule has 0 saturated heterocycles. The Labute approximate surface area is 132 Å². The SMILES string of the molecule is Cc1cc(I)cc2c1C(Cl)(Cl)C(=O)OC2(Cl)Cl. The Bertz CT molecular complexity index is 513. The maximum absolute atomic E-state index is 11.7. The van der Waals surface area contributed by atoms with E-state index in [2.05, 4.69) is 22.6 Å². The van der Waals surface area contributed by atoms with Crippen molar-refractivity contribution in [2.45, 2.75) is 15.8 Å². The Hall–Kier alpha value is 0.580. The molecule has 1 aliphatic heterocycles. The number of rotatable bonds is 0. The summed E-state index contributed by atoms with van der Waals surface area (Å²) in [5.74, 6) is -0.873. The number of alkyl halides is 4. The van der Waals surface area contributed by atoms with Gasteiger partial charge in [0.1, 0.15) is 0 Å². The molecule has 1 aromatic carbocycles. The molecule has 0 amide bonds. The molecule has 1 heterocycles. The van der Waals surface area contributed by atoms with Crippen molar-refractivity contribution in [1.29, 1.82) is 0 Å². The van der Waals surface area contributed by atoms with Crippen LogP contribution in [-0.4, -0.2) is 5.97 Å². The van der Waals surface area contributed by atoms with E-state index in [1.54, 1.807) is 13.0 Å². The zero-order chi connectivity index (χ0) is 13.0. The van der Waals surface area contributed by atoms with Crippen LogP contribution in [0, 0.1) is 10.5 Å². The summed E-state index contributed by atoms with van der Waals surface area (Å²) >= 11 is 26.1. The van der Waals surface area contributed by atoms with Crippen molar-refractivity contribution >= 4 is 75.0 Å². The zero-order valence-electron chi connectivity index (χ0n) is 8.36. The Balaban J connectivity index is 2.82. The smallest absolute Gasteiger partial charge is 0.350 e. The molecule has 2 nitrogen and oxygen atoms in total. The van der Waals surface area contributed by atoms with Gasteiger partial charge in [0, 0.05) is 14.7 Å². The van der Waals surface area contributed by atoms with Gasteiger partial charge >= 0.3 is 5.97 Å². The van der Waals surface area contributed by atoms with Gasteiger partial charge in [0.2, 0.25) is 4.33 Å². The largest absolute Gasteiger partial charge is 0.422 e. The third-order valence-corrected chi connectivity index (χ3v) is 4.28. The molecule has 0 N–H and O–H groups in total. The molecule has 0 atom stereocenters. The van der Waals surface area contributed by atoms with Gasteiger partial charge < -0.3 is 4.74 Å². The first-order chi connectivity index (χ1) is 7.66. The van der Waals surface area contributed by atoms with Crippen LogP contribution >= 0.6 is 69.0 Å². The highest BCUT2D eigenvalue weighted by Gasteiger charge is 2.52. The van der Waals surface area contributed by atoms with Crippen molar-refractivity contribution in [2.24, 2.45) is 0 Å². The van der Waals surface area contributed by atoms with Gasteiger partial charge in [0.15, 0.2) is 0 Å². The Morgan fingerprint density at radius 3 is 2.41 bits per heavy atom. The van der Waals surface area contributed by atoms with Crippen molar-refractivity contribution in [3.8, 4) is 0 Å². The first-order valence-corrected chi connectivity index (χ1v) is 7.05. The van der Waals surface area contributed by atoms with Crippen LogP contribution in [0.1, 0.15) is 16.7 Å². The van der Waals surface area contributed by atoms with Gasteiger partial charge in [-0.3, -0.25) is 0 Å². The van der Waals surface area contributed by atoms with Crippen molar-refractivity contribution in [3.05, 3.63) is 32.4 Å². The average molecular weight is 426 g/mol. The quantitative estimate of drug-likeness (QED) is 0.350. The van der Waals surface area contributed by atoms with E-state index in [0.29, 0.717) is 11.1 Å². The number of benzene rings is 1. The maximum atomic E-state index is 11.7. The second-order valence-electron chi connectivity index (χ2n) is 3.63. The van der Waals surface area contributed by atoms with Crippen LogP contribution in [0.5, 0.6) is 0 Å². The topological polar surface area (TPSA) is 26.3 Å². The number of hydrogen-bond donors (Lipinski definition) is 0. The molecule has 17 heavy (non-hydrogen) atoms. The summed E-state index contributed by atoms with van der Waals surface area (Å²) in [6.07, 6.45) is 0. The summed E-state index contributed by atoms with van der Waals surface area (Å²) in [6.45, 7) is 1.78. The molecule has 0 unspecified atom stereocenters. The summed E-state index contributed by atoms with van der Waals surface area (Å²) in [4.78, 5) is 11.7. The summed E-state index contributed by atoms with van der Waals surface area (Å²) in [5, 5.41) is 0. The van der Waals surface area contributed by atoms with Gasteiger partial charge in [-0.2, -0.15) is 0 Å². The Kier molecular flexibility index (Phi) is 3.54. The molecular weight excluding hydrogens is 421 g/mol. The molecule has 0 saturated carbocycles.